The molecule has 1 heterocycles. The van der Waals surface area contributed by atoms with Crippen LogP contribution in [-0.4, -0.2) is 38.8 Å². The number of rotatable bonds is 5. The molecule has 1 aliphatic heterocycles. The predicted molar refractivity (Wildman–Crippen MR) is 88.8 cm³/mol. The van der Waals surface area contributed by atoms with Crippen LogP contribution in [0.2, 0.25) is 0 Å². The summed E-state index contributed by atoms with van der Waals surface area (Å²) in [6, 6.07) is 9.87. The number of fused-ring (bicyclic) bond motifs is 1. The topological polar surface area (TPSA) is 18.5 Å². The van der Waals surface area contributed by atoms with Crippen molar-refractivity contribution < 1.29 is 0 Å². The van der Waals surface area contributed by atoms with E-state index in [4.69, 9.17) is 0 Å². The quantitative estimate of drug-likeness (QED) is 0.891. The summed E-state index contributed by atoms with van der Waals surface area (Å²) in [5.74, 6) is 0.633. The van der Waals surface area contributed by atoms with Crippen LogP contribution >= 0.6 is 0 Å². The van der Waals surface area contributed by atoms with Crippen LogP contribution in [0.5, 0.6) is 0 Å². The SMILES string of the molecule is CC(C)NCC(C)C(C)N1CCN(C)c2ccccc21. The number of benzene rings is 1. The van der Waals surface area contributed by atoms with Crippen molar-refractivity contribution in [3.8, 4) is 0 Å². The van der Waals surface area contributed by atoms with E-state index < -0.39 is 0 Å². The Balaban J connectivity index is 2.11. The first-order chi connectivity index (χ1) is 9.50. The molecule has 2 atom stereocenters. The second-order valence-corrected chi connectivity index (χ2v) is 6.38. The van der Waals surface area contributed by atoms with Gasteiger partial charge in [-0.1, -0.05) is 32.9 Å². The Labute approximate surface area is 124 Å². The monoisotopic (exact) mass is 275 g/mol. The number of nitrogens with one attached hydrogen (secondary N) is 1. The first kappa shape index (κ1) is 15.2. The molecule has 1 N–H and O–H groups in total. The van der Waals surface area contributed by atoms with Gasteiger partial charge in [-0.3, -0.25) is 0 Å². The summed E-state index contributed by atoms with van der Waals surface area (Å²) in [5.41, 5.74) is 2.74. The highest BCUT2D eigenvalue weighted by Crippen LogP contribution is 2.34. The minimum absolute atomic E-state index is 0.552. The average Bonchev–Trinajstić information content (AvgIpc) is 2.44. The molecule has 3 heteroatoms. The maximum Gasteiger partial charge on any atom is 0.0607 e. The van der Waals surface area contributed by atoms with Gasteiger partial charge in [0, 0.05) is 32.2 Å². The Hall–Kier alpha value is -1.22. The van der Waals surface area contributed by atoms with E-state index in [2.05, 4.69) is 74.1 Å². The molecule has 1 aromatic rings. The van der Waals surface area contributed by atoms with Gasteiger partial charge >= 0.3 is 0 Å². The predicted octanol–water partition coefficient (Wildman–Crippen LogP) is 2.97. The largest absolute Gasteiger partial charge is 0.371 e. The fourth-order valence-electron chi connectivity index (χ4n) is 2.85. The molecule has 2 rings (SSSR count). The number of para-hydroxylation sites is 2. The van der Waals surface area contributed by atoms with E-state index in [0.717, 1.165) is 19.6 Å². The van der Waals surface area contributed by atoms with Crippen LogP contribution in [0.4, 0.5) is 11.4 Å². The molecule has 0 aliphatic carbocycles. The van der Waals surface area contributed by atoms with E-state index in [1.165, 1.54) is 11.4 Å². The molecule has 0 amide bonds. The number of hydrogen-bond acceptors (Lipinski definition) is 3. The van der Waals surface area contributed by atoms with E-state index in [-0.39, 0.29) is 0 Å². The normalized spacial score (nSPS) is 18.1. The third kappa shape index (κ3) is 3.26. The summed E-state index contributed by atoms with van der Waals surface area (Å²) in [4.78, 5) is 4.93. The van der Waals surface area contributed by atoms with Crippen molar-refractivity contribution in [1.82, 2.24) is 5.32 Å². The summed E-state index contributed by atoms with van der Waals surface area (Å²) in [6.07, 6.45) is 0. The van der Waals surface area contributed by atoms with Crippen LogP contribution < -0.4 is 15.1 Å². The van der Waals surface area contributed by atoms with Crippen LogP contribution in [0.3, 0.4) is 0 Å². The lowest BCUT2D eigenvalue weighted by Crippen LogP contribution is -2.48. The van der Waals surface area contributed by atoms with Crippen molar-refractivity contribution in [2.75, 3.05) is 36.5 Å². The maximum absolute atomic E-state index is 3.56. The Bertz CT molecular complexity index is 430. The highest BCUT2D eigenvalue weighted by molar-refractivity contribution is 5.73. The molecule has 1 aromatic carbocycles. The van der Waals surface area contributed by atoms with Gasteiger partial charge in [-0.2, -0.15) is 0 Å². The van der Waals surface area contributed by atoms with E-state index in [0.29, 0.717) is 18.0 Å². The van der Waals surface area contributed by atoms with Crippen LogP contribution in [0, 0.1) is 5.92 Å². The third-order valence-electron chi connectivity index (χ3n) is 4.44. The van der Waals surface area contributed by atoms with Crippen molar-refractivity contribution in [2.24, 2.45) is 5.92 Å². The van der Waals surface area contributed by atoms with E-state index in [1.807, 2.05) is 0 Å². The number of anilines is 2. The van der Waals surface area contributed by atoms with Gasteiger partial charge in [0.25, 0.3) is 0 Å². The van der Waals surface area contributed by atoms with Gasteiger partial charge in [-0.25, -0.2) is 0 Å². The molecule has 1 aliphatic rings. The molecule has 0 spiro atoms. The zero-order valence-corrected chi connectivity index (χ0v) is 13.6. The molecule has 0 bridgehead atoms. The zero-order chi connectivity index (χ0) is 14.7. The fraction of sp³-hybridized carbons (Fsp3) is 0.647. The lowest BCUT2D eigenvalue weighted by molar-refractivity contribution is 0.403. The third-order valence-corrected chi connectivity index (χ3v) is 4.44. The van der Waals surface area contributed by atoms with E-state index >= 15 is 0 Å². The first-order valence-electron chi connectivity index (χ1n) is 7.81. The number of likely N-dealkylation sites (N-methyl/N-ethyl adjacent to an activating group) is 1. The van der Waals surface area contributed by atoms with Gasteiger partial charge in [0.15, 0.2) is 0 Å². The van der Waals surface area contributed by atoms with E-state index in [9.17, 15) is 0 Å². The summed E-state index contributed by atoms with van der Waals surface area (Å²) < 4.78 is 0. The van der Waals surface area contributed by atoms with Crippen molar-refractivity contribution in [2.45, 2.75) is 39.8 Å². The van der Waals surface area contributed by atoms with Crippen LogP contribution in [0.25, 0.3) is 0 Å². The molecule has 0 fully saturated rings. The highest BCUT2D eigenvalue weighted by atomic mass is 15.3. The molecular weight excluding hydrogens is 246 g/mol. The smallest absolute Gasteiger partial charge is 0.0607 e. The second kappa shape index (κ2) is 6.49. The summed E-state index contributed by atoms with van der Waals surface area (Å²) in [6.45, 7) is 12.4. The molecular formula is C17H29N3. The summed E-state index contributed by atoms with van der Waals surface area (Å²) in [5, 5.41) is 3.56. The number of nitrogens with zero attached hydrogens (tertiary/aromatic N) is 2. The second-order valence-electron chi connectivity index (χ2n) is 6.38. The fourth-order valence-corrected chi connectivity index (χ4v) is 2.85. The van der Waals surface area contributed by atoms with Crippen LogP contribution in [0.15, 0.2) is 24.3 Å². The van der Waals surface area contributed by atoms with Crippen molar-refractivity contribution in [3.05, 3.63) is 24.3 Å². The lowest BCUT2D eigenvalue weighted by Gasteiger charge is -2.42. The Morgan fingerprint density at radius 2 is 1.70 bits per heavy atom. The standard InChI is InChI=1S/C17H29N3/c1-13(2)18-12-14(3)15(4)20-11-10-19(5)16-8-6-7-9-17(16)20/h6-9,13-15,18H,10-12H2,1-5H3. The summed E-state index contributed by atoms with van der Waals surface area (Å²) in [7, 11) is 2.19. The number of hydrogen-bond donors (Lipinski definition) is 1. The molecule has 0 saturated carbocycles. The molecule has 0 saturated heterocycles. The van der Waals surface area contributed by atoms with Crippen LogP contribution in [-0.2, 0) is 0 Å². The minimum atomic E-state index is 0.552. The Morgan fingerprint density at radius 1 is 1.05 bits per heavy atom. The molecule has 3 nitrogen and oxygen atoms in total. The zero-order valence-electron chi connectivity index (χ0n) is 13.6. The van der Waals surface area contributed by atoms with Gasteiger partial charge < -0.3 is 15.1 Å². The molecule has 20 heavy (non-hydrogen) atoms. The minimum Gasteiger partial charge on any atom is -0.371 e. The Kier molecular flexibility index (Phi) is 4.92. The Morgan fingerprint density at radius 3 is 2.35 bits per heavy atom. The molecule has 2 unspecified atom stereocenters. The molecule has 112 valence electrons. The van der Waals surface area contributed by atoms with Gasteiger partial charge in [0.05, 0.1) is 11.4 Å². The van der Waals surface area contributed by atoms with E-state index in [1.54, 1.807) is 0 Å². The molecule has 0 aromatic heterocycles. The van der Waals surface area contributed by atoms with Crippen molar-refractivity contribution >= 4 is 11.4 Å². The van der Waals surface area contributed by atoms with Gasteiger partial charge in [0.2, 0.25) is 0 Å². The lowest BCUT2D eigenvalue weighted by atomic mass is 9.99. The highest BCUT2D eigenvalue weighted by Gasteiger charge is 2.26. The molecule has 0 radical (unpaired) electrons. The van der Waals surface area contributed by atoms with Crippen molar-refractivity contribution in [1.29, 1.82) is 0 Å². The first-order valence-corrected chi connectivity index (χ1v) is 7.81. The summed E-state index contributed by atoms with van der Waals surface area (Å²) >= 11 is 0. The van der Waals surface area contributed by atoms with Gasteiger partial charge in [0.1, 0.15) is 0 Å². The van der Waals surface area contributed by atoms with Crippen LogP contribution in [0.1, 0.15) is 27.7 Å². The van der Waals surface area contributed by atoms with Crippen molar-refractivity contribution in [3.63, 3.8) is 0 Å². The average molecular weight is 275 g/mol. The van der Waals surface area contributed by atoms with Gasteiger partial charge in [-0.15, -0.1) is 0 Å². The maximum atomic E-state index is 3.56. The van der Waals surface area contributed by atoms with Gasteiger partial charge in [-0.05, 0) is 31.5 Å².